The number of hydrogen-bond donors (Lipinski definition) is 0. The maximum atomic E-state index is 13.0. The van der Waals surface area contributed by atoms with E-state index in [2.05, 4.69) is 6.92 Å². The van der Waals surface area contributed by atoms with E-state index in [1.165, 1.54) is 6.42 Å². The molecule has 144 valence electrons. The van der Waals surface area contributed by atoms with Crippen LogP contribution in [0.15, 0.2) is 24.3 Å². The smallest absolute Gasteiger partial charge is 0.344 e. The fourth-order valence-corrected chi connectivity index (χ4v) is 3.32. The Bertz CT molecular complexity index is 564. The van der Waals surface area contributed by atoms with Crippen LogP contribution in [0.2, 0.25) is 0 Å². The summed E-state index contributed by atoms with van der Waals surface area (Å²) in [5.41, 5.74) is 1.03. The first-order chi connectivity index (χ1) is 12.7. The van der Waals surface area contributed by atoms with E-state index in [9.17, 15) is 9.59 Å². The number of ether oxygens (including phenoxy) is 2. The van der Waals surface area contributed by atoms with E-state index in [1.54, 1.807) is 6.92 Å². The quantitative estimate of drug-likeness (QED) is 0.626. The fourth-order valence-electron chi connectivity index (χ4n) is 3.32. The highest BCUT2D eigenvalue weighted by molar-refractivity contribution is 5.83. The minimum atomic E-state index is -0.377. The molecule has 0 saturated carbocycles. The van der Waals surface area contributed by atoms with Gasteiger partial charge in [0.1, 0.15) is 5.75 Å². The first-order valence-electron chi connectivity index (χ1n) is 9.82. The second-order valence-corrected chi connectivity index (χ2v) is 6.74. The Morgan fingerprint density at radius 1 is 1.08 bits per heavy atom. The highest BCUT2D eigenvalue weighted by Gasteiger charge is 2.26. The molecule has 1 heterocycles. The standard InChI is InChI=1S/C21H31NO4/c1-3-5-9-19(21(24)22-14-7-6-8-15-22)17-10-12-18(13-11-17)26-16-20(23)25-4-2/h10-13,19H,3-9,14-16H2,1-2H3. The maximum absolute atomic E-state index is 13.0. The first-order valence-corrected chi connectivity index (χ1v) is 9.82. The molecule has 1 aromatic carbocycles. The number of piperidine rings is 1. The summed E-state index contributed by atoms with van der Waals surface area (Å²) in [5.74, 6) is 0.393. The predicted octanol–water partition coefficient (Wildman–Crippen LogP) is 3.91. The Hall–Kier alpha value is -2.04. The molecule has 0 radical (unpaired) electrons. The molecule has 5 heteroatoms. The minimum absolute atomic E-state index is 0.0906. The molecule has 5 nitrogen and oxygen atoms in total. The van der Waals surface area contributed by atoms with E-state index >= 15 is 0 Å². The van der Waals surface area contributed by atoms with Gasteiger partial charge in [-0.2, -0.15) is 0 Å². The Kier molecular flexibility index (Phi) is 8.45. The number of amides is 1. The summed E-state index contributed by atoms with van der Waals surface area (Å²) < 4.78 is 10.3. The average Bonchev–Trinajstić information content (AvgIpc) is 2.68. The Morgan fingerprint density at radius 2 is 1.77 bits per heavy atom. The molecule has 0 N–H and O–H groups in total. The first kappa shape index (κ1) is 20.3. The molecule has 26 heavy (non-hydrogen) atoms. The zero-order chi connectivity index (χ0) is 18.8. The van der Waals surface area contributed by atoms with E-state index in [0.29, 0.717) is 12.4 Å². The number of carbonyl (C=O) groups excluding carboxylic acids is 2. The van der Waals surface area contributed by atoms with Crippen molar-refractivity contribution < 1.29 is 19.1 Å². The number of nitrogens with zero attached hydrogens (tertiary/aromatic N) is 1. The van der Waals surface area contributed by atoms with Crippen LogP contribution in [0, 0.1) is 0 Å². The van der Waals surface area contributed by atoms with E-state index in [1.807, 2.05) is 29.2 Å². The molecule has 1 aliphatic rings. The lowest BCUT2D eigenvalue weighted by molar-refractivity contribution is -0.145. The van der Waals surface area contributed by atoms with Crippen molar-refractivity contribution in [2.45, 2.75) is 58.3 Å². The molecule has 1 atom stereocenters. The lowest BCUT2D eigenvalue weighted by Crippen LogP contribution is -2.38. The SMILES string of the molecule is CCCCC(C(=O)N1CCCCC1)c1ccc(OCC(=O)OCC)cc1. The Morgan fingerprint density at radius 3 is 2.38 bits per heavy atom. The lowest BCUT2D eigenvalue weighted by atomic mass is 9.91. The van der Waals surface area contributed by atoms with Gasteiger partial charge in [-0.05, 0) is 50.3 Å². The van der Waals surface area contributed by atoms with Crippen molar-refractivity contribution in [1.29, 1.82) is 0 Å². The topological polar surface area (TPSA) is 55.8 Å². The van der Waals surface area contributed by atoms with Gasteiger partial charge >= 0.3 is 5.97 Å². The van der Waals surface area contributed by atoms with Crippen LogP contribution in [0.25, 0.3) is 0 Å². The molecule has 1 unspecified atom stereocenters. The third-order valence-electron chi connectivity index (χ3n) is 4.76. The number of likely N-dealkylation sites (tertiary alicyclic amines) is 1. The molecule has 1 amide bonds. The van der Waals surface area contributed by atoms with Gasteiger partial charge in [-0.25, -0.2) is 4.79 Å². The number of benzene rings is 1. The van der Waals surface area contributed by atoms with E-state index in [-0.39, 0.29) is 24.4 Å². The van der Waals surface area contributed by atoms with Gasteiger partial charge in [0.2, 0.25) is 5.91 Å². The van der Waals surface area contributed by atoms with Gasteiger partial charge in [0.05, 0.1) is 12.5 Å². The van der Waals surface area contributed by atoms with Crippen molar-refractivity contribution >= 4 is 11.9 Å². The zero-order valence-corrected chi connectivity index (χ0v) is 16.0. The van der Waals surface area contributed by atoms with Crippen molar-refractivity contribution in [2.75, 3.05) is 26.3 Å². The van der Waals surface area contributed by atoms with Crippen LogP contribution in [0.5, 0.6) is 5.75 Å². The summed E-state index contributed by atoms with van der Waals surface area (Å²) in [6.07, 6.45) is 6.40. The van der Waals surface area contributed by atoms with Gasteiger partial charge in [0, 0.05) is 13.1 Å². The minimum Gasteiger partial charge on any atom is -0.482 e. The second kappa shape index (κ2) is 10.8. The Balaban J connectivity index is 2.02. The summed E-state index contributed by atoms with van der Waals surface area (Å²) >= 11 is 0. The fraction of sp³-hybridized carbons (Fsp3) is 0.619. The summed E-state index contributed by atoms with van der Waals surface area (Å²) in [6, 6.07) is 7.55. The van der Waals surface area contributed by atoms with Crippen LogP contribution in [0.3, 0.4) is 0 Å². The van der Waals surface area contributed by atoms with Crippen molar-refractivity contribution in [3.63, 3.8) is 0 Å². The molecular formula is C21H31NO4. The van der Waals surface area contributed by atoms with Crippen LogP contribution in [-0.4, -0.2) is 43.1 Å². The number of esters is 1. The highest BCUT2D eigenvalue weighted by atomic mass is 16.6. The lowest BCUT2D eigenvalue weighted by Gasteiger charge is -2.30. The predicted molar refractivity (Wildman–Crippen MR) is 101 cm³/mol. The Labute approximate surface area is 156 Å². The molecule has 0 bridgehead atoms. The monoisotopic (exact) mass is 361 g/mol. The second-order valence-electron chi connectivity index (χ2n) is 6.74. The van der Waals surface area contributed by atoms with Crippen molar-refractivity contribution in [2.24, 2.45) is 0 Å². The van der Waals surface area contributed by atoms with Crippen LogP contribution in [-0.2, 0) is 14.3 Å². The maximum Gasteiger partial charge on any atom is 0.344 e. The zero-order valence-electron chi connectivity index (χ0n) is 16.0. The van der Waals surface area contributed by atoms with Crippen LogP contribution in [0.1, 0.15) is 63.9 Å². The summed E-state index contributed by atoms with van der Waals surface area (Å²) in [6.45, 7) is 5.92. The summed E-state index contributed by atoms with van der Waals surface area (Å²) in [7, 11) is 0. The number of unbranched alkanes of at least 4 members (excludes halogenated alkanes) is 1. The largest absolute Gasteiger partial charge is 0.482 e. The molecule has 2 rings (SSSR count). The third-order valence-corrected chi connectivity index (χ3v) is 4.76. The molecule has 0 spiro atoms. The molecular weight excluding hydrogens is 330 g/mol. The molecule has 1 fully saturated rings. The molecule has 1 aliphatic heterocycles. The summed E-state index contributed by atoms with van der Waals surface area (Å²) in [5, 5.41) is 0. The van der Waals surface area contributed by atoms with Gasteiger partial charge in [-0.15, -0.1) is 0 Å². The molecule has 1 saturated heterocycles. The van der Waals surface area contributed by atoms with Crippen LogP contribution >= 0.6 is 0 Å². The highest BCUT2D eigenvalue weighted by Crippen LogP contribution is 2.27. The van der Waals surface area contributed by atoms with E-state index < -0.39 is 0 Å². The molecule has 0 aliphatic carbocycles. The molecule has 1 aromatic rings. The number of rotatable bonds is 9. The normalized spacial score (nSPS) is 15.4. The van der Waals surface area contributed by atoms with Gasteiger partial charge in [0.15, 0.2) is 6.61 Å². The van der Waals surface area contributed by atoms with Crippen molar-refractivity contribution in [3.8, 4) is 5.75 Å². The van der Waals surface area contributed by atoms with E-state index in [4.69, 9.17) is 9.47 Å². The van der Waals surface area contributed by atoms with Gasteiger partial charge in [0.25, 0.3) is 0 Å². The molecule has 0 aromatic heterocycles. The summed E-state index contributed by atoms with van der Waals surface area (Å²) in [4.78, 5) is 26.4. The van der Waals surface area contributed by atoms with Crippen molar-refractivity contribution in [1.82, 2.24) is 4.90 Å². The third kappa shape index (κ3) is 6.04. The van der Waals surface area contributed by atoms with Crippen LogP contribution < -0.4 is 4.74 Å². The van der Waals surface area contributed by atoms with Gasteiger partial charge in [-0.3, -0.25) is 4.79 Å². The average molecular weight is 361 g/mol. The number of carbonyl (C=O) groups is 2. The van der Waals surface area contributed by atoms with Gasteiger partial charge in [-0.1, -0.05) is 31.9 Å². The van der Waals surface area contributed by atoms with Crippen molar-refractivity contribution in [3.05, 3.63) is 29.8 Å². The number of hydrogen-bond acceptors (Lipinski definition) is 4. The van der Waals surface area contributed by atoms with E-state index in [0.717, 1.165) is 50.8 Å². The van der Waals surface area contributed by atoms with Crippen LogP contribution in [0.4, 0.5) is 0 Å². The van der Waals surface area contributed by atoms with Gasteiger partial charge < -0.3 is 14.4 Å².